The van der Waals surface area contributed by atoms with Crippen molar-refractivity contribution in [3.8, 4) is 0 Å². The first-order valence-corrected chi connectivity index (χ1v) is 7.45. The number of benzene rings is 2. The average molecular weight is 304 g/mol. The highest BCUT2D eigenvalue weighted by Gasteiger charge is 2.09. The van der Waals surface area contributed by atoms with E-state index in [9.17, 15) is 9.59 Å². The van der Waals surface area contributed by atoms with E-state index in [4.69, 9.17) is 0 Å². The second-order valence-electron chi connectivity index (χ2n) is 5.25. The topological polar surface area (TPSA) is 59.1 Å². The highest BCUT2D eigenvalue weighted by Crippen LogP contribution is 2.16. The van der Waals surface area contributed by atoms with Crippen molar-refractivity contribution in [3.63, 3.8) is 0 Å². The number of hydrogen-bond donors (Lipinski definition) is 1. The first-order valence-electron chi connectivity index (χ1n) is 7.45. The number of amides is 1. The highest BCUT2D eigenvalue weighted by atomic mass is 16.2. The molecule has 1 heterocycles. The predicted octanol–water partition coefficient (Wildman–Crippen LogP) is 3.84. The van der Waals surface area contributed by atoms with Gasteiger partial charge in [0.1, 0.15) is 0 Å². The molecule has 1 N–H and O–H groups in total. The molecule has 1 amide bonds. The lowest BCUT2D eigenvalue weighted by molar-refractivity contribution is -0.116. The van der Waals surface area contributed by atoms with Crippen molar-refractivity contribution in [1.29, 1.82) is 0 Å². The van der Waals surface area contributed by atoms with Gasteiger partial charge in [-0.05, 0) is 12.1 Å². The summed E-state index contributed by atoms with van der Waals surface area (Å²) in [6.07, 6.45) is 1.97. The molecule has 0 saturated carbocycles. The molecule has 0 aliphatic heterocycles. The fraction of sp³-hybridized carbons (Fsp3) is 0.105. The van der Waals surface area contributed by atoms with Crippen LogP contribution >= 0.6 is 0 Å². The van der Waals surface area contributed by atoms with Crippen LogP contribution in [0.2, 0.25) is 0 Å². The van der Waals surface area contributed by atoms with Gasteiger partial charge in [0.05, 0.1) is 17.4 Å². The number of ketones is 1. The molecule has 4 heteroatoms. The van der Waals surface area contributed by atoms with Gasteiger partial charge in [-0.1, -0.05) is 48.5 Å². The Morgan fingerprint density at radius 2 is 1.65 bits per heavy atom. The quantitative estimate of drug-likeness (QED) is 0.729. The highest BCUT2D eigenvalue weighted by molar-refractivity contribution is 6.00. The third-order valence-corrected chi connectivity index (χ3v) is 3.55. The molecule has 0 atom stereocenters. The molecule has 3 aromatic rings. The number of fused-ring (bicyclic) bond motifs is 1. The van der Waals surface area contributed by atoms with Gasteiger partial charge in [0, 0.05) is 23.8 Å². The first kappa shape index (κ1) is 14.9. The minimum Gasteiger partial charge on any atom is -0.325 e. The molecular formula is C19H16N2O2. The van der Waals surface area contributed by atoms with Crippen molar-refractivity contribution in [3.05, 3.63) is 72.4 Å². The van der Waals surface area contributed by atoms with Crippen molar-refractivity contribution in [1.82, 2.24) is 4.98 Å². The number of nitrogens with zero attached hydrogens (tertiary/aromatic N) is 1. The number of hydrogen-bond acceptors (Lipinski definition) is 3. The zero-order valence-corrected chi connectivity index (χ0v) is 12.5. The number of carbonyl (C=O) groups excluding carboxylic acids is 2. The molecule has 2 aromatic carbocycles. The van der Waals surface area contributed by atoms with Gasteiger partial charge in [0.25, 0.3) is 0 Å². The number of pyridine rings is 1. The normalized spacial score (nSPS) is 10.4. The van der Waals surface area contributed by atoms with Crippen LogP contribution in [0.1, 0.15) is 23.2 Å². The Morgan fingerprint density at radius 1 is 0.913 bits per heavy atom. The maximum atomic E-state index is 12.0. The Morgan fingerprint density at radius 3 is 2.48 bits per heavy atom. The summed E-state index contributed by atoms with van der Waals surface area (Å²) in [5.41, 5.74) is 2.15. The van der Waals surface area contributed by atoms with E-state index in [0.717, 1.165) is 10.9 Å². The zero-order chi connectivity index (χ0) is 16.1. The molecule has 114 valence electrons. The van der Waals surface area contributed by atoms with Crippen molar-refractivity contribution in [2.45, 2.75) is 12.8 Å². The Hall–Kier alpha value is -3.01. The van der Waals surface area contributed by atoms with E-state index in [1.165, 1.54) is 0 Å². The van der Waals surface area contributed by atoms with E-state index in [-0.39, 0.29) is 24.5 Å². The molecule has 0 fully saturated rings. The molecule has 0 spiro atoms. The molecule has 4 nitrogen and oxygen atoms in total. The molecule has 1 aromatic heterocycles. The van der Waals surface area contributed by atoms with Gasteiger partial charge >= 0.3 is 0 Å². The molecule has 0 aliphatic rings. The number of anilines is 1. The lowest BCUT2D eigenvalue weighted by Gasteiger charge is -2.06. The lowest BCUT2D eigenvalue weighted by Crippen LogP contribution is -2.13. The zero-order valence-electron chi connectivity index (χ0n) is 12.5. The third-order valence-electron chi connectivity index (χ3n) is 3.55. The van der Waals surface area contributed by atoms with Gasteiger partial charge < -0.3 is 5.32 Å². The molecule has 0 bridgehead atoms. The van der Waals surface area contributed by atoms with Crippen LogP contribution in [0, 0.1) is 0 Å². The summed E-state index contributed by atoms with van der Waals surface area (Å²) in [4.78, 5) is 28.3. The Labute approximate surface area is 134 Å². The van der Waals surface area contributed by atoms with Gasteiger partial charge in [-0.2, -0.15) is 0 Å². The minimum absolute atomic E-state index is 0.0302. The first-order chi connectivity index (χ1) is 11.2. The molecule has 0 saturated heterocycles. The van der Waals surface area contributed by atoms with E-state index in [2.05, 4.69) is 10.3 Å². The summed E-state index contributed by atoms with van der Waals surface area (Å²) < 4.78 is 0. The standard InChI is InChI=1S/C19H16N2O2/c22-18(14-6-2-1-3-7-14)10-11-19(23)21-16-12-15-8-4-5-9-17(15)20-13-16/h1-9,12-13H,10-11H2,(H,21,23). The number of carbonyl (C=O) groups is 2. The smallest absolute Gasteiger partial charge is 0.224 e. The SMILES string of the molecule is O=C(CCC(=O)c1ccccc1)Nc1cnc2ccccc2c1. The minimum atomic E-state index is -0.189. The monoisotopic (exact) mass is 304 g/mol. The number of nitrogens with one attached hydrogen (secondary N) is 1. The fourth-order valence-electron chi connectivity index (χ4n) is 2.36. The van der Waals surface area contributed by atoms with Crippen molar-refractivity contribution in [2.75, 3.05) is 5.32 Å². The second-order valence-corrected chi connectivity index (χ2v) is 5.25. The summed E-state index contributed by atoms with van der Waals surface area (Å²) >= 11 is 0. The Bertz CT molecular complexity index is 844. The summed E-state index contributed by atoms with van der Waals surface area (Å²) in [5, 5.41) is 3.75. The molecule has 3 rings (SSSR count). The van der Waals surface area contributed by atoms with E-state index in [0.29, 0.717) is 11.3 Å². The van der Waals surface area contributed by atoms with Crippen LogP contribution in [0.3, 0.4) is 0 Å². The lowest BCUT2D eigenvalue weighted by atomic mass is 10.1. The van der Waals surface area contributed by atoms with Crippen molar-refractivity contribution in [2.24, 2.45) is 0 Å². The third kappa shape index (κ3) is 3.80. The largest absolute Gasteiger partial charge is 0.325 e. The van der Waals surface area contributed by atoms with Gasteiger partial charge in [-0.3, -0.25) is 14.6 Å². The average Bonchev–Trinajstić information content (AvgIpc) is 2.60. The maximum Gasteiger partial charge on any atom is 0.224 e. The Kier molecular flexibility index (Phi) is 4.43. The van der Waals surface area contributed by atoms with E-state index < -0.39 is 0 Å². The van der Waals surface area contributed by atoms with Gasteiger partial charge in [-0.25, -0.2) is 0 Å². The summed E-state index contributed by atoms with van der Waals surface area (Å²) in [5.74, 6) is -0.219. The van der Waals surface area contributed by atoms with Crippen molar-refractivity contribution < 1.29 is 9.59 Å². The van der Waals surface area contributed by atoms with E-state index in [1.807, 2.05) is 48.5 Å². The van der Waals surface area contributed by atoms with Gasteiger partial charge in [0.2, 0.25) is 5.91 Å². The number of rotatable bonds is 5. The fourth-order valence-corrected chi connectivity index (χ4v) is 2.36. The maximum absolute atomic E-state index is 12.0. The van der Waals surface area contributed by atoms with E-state index >= 15 is 0 Å². The molecular weight excluding hydrogens is 288 g/mol. The van der Waals surface area contributed by atoms with E-state index in [1.54, 1.807) is 18.3 Å². The van der Waals surface area contributed by atoms with Crippen LogP contribution < -0.4 is 5.32 Å². The summed E-state index contributed by atoms with van der Waals surface area (Å²) in [6, 6.07) is 18.6. The summed E-state index contributed by atoms with van der Waals surface area (Å²) in [6.45, 7) is 0. The Balaban J connectivity index is 1.59. The van der Waals surface area contributed by atoms with Gasteiger partial charge in [0.15, 0.2) is 5.78 Å². The van der Waals surface area contributed by atoms with Crippen LogP contribution in [0.4, 0.5) is 5.69 Å². The molecule has 0 aliphatic carbocycles. The second kappa shape index (κ2) is 6.83. The van der Waals surface area contributed by atoms with Crippen LogP contribution in [-0.2, 0) is 4.79 Å². The van der Waals surface area contributed by atoms with Crippen LogP contribution in [-0.4, -0.2) is 16.7 Å². The van der Waals surface area contributed by atoms with Crippen LogP contribution in [0.5, 0.6) is 0 Å². The van der Waals surface area contributed by atoms with Crippen LogP contribution in [0.25, 0.3) is 10.9 Å². The molecule has 0 radical (unpaired) electrons. The van der Waals surface area contributed by atoms with Gasteiger partial charge in [-0.15, -0.1) is 0 Å². The van der Waals surface area contributed by atoms with Crippen LogP contribution in [0.15, 0.2) is 66.9 Å². The number of para-hydroxylation sites is 1. The molecule has 0 unspecified atom stereocenters. The predicted molar refractivity (Wildman–Crippen MR) is 90.4 cm³/mol. The number of aromatic nitrogens is 1. The number of Topliss-reactive ketones (excluding diaryl/α,β-unsaturated/α-hetero) is 1. The van der Waals surface area contributed by atoms with Crippen molar-refractivity contribution >= 4 is 28.3 Å². The molecule has 23 heavy (non-hydrogen) atoms. The summed E-state index contributed by atoms with van der Waals surface area (Å²) in [7, 11) is 0.